The van der Waals surface area contributed by atoms with Crippen molar-refractivity contribution in [2.75, 3.05) is 0 Å². The number of aryl methyl sites for hydroxylation is 1. The number of nitrogens with two attached hydrogens (primary N) is 1. The van der Waals surface area contributed by atoms with Crippen LogP contribution in [0.1, 0.15) is 42.2 Å². The van der Waals surface area contributed by atoms with Crippen LogP contribution >= 0.6 is 0 Å². The fourth-order valence-corrected chi connectivity index (χ4v) is 1.44. The number of primary amides is 1. The Bertz CT molecular complexity index is 350. The van der Waals surface area contributed by atoms with Gasteiger partial charge in [0.25, 0.3) is 5.91 Å². The first-order valence-electron chi connectivity index (χ1n) is 5.13. The highest BCUT2D eigenvalue weighted by Gasteiger charge is 2.12. The number of unbranched alkanes of at least 4 members (excludes halogenated alkanes) is 2. The summed E-state index contributed by atoms with van der Waals surface area (Å²) in [5, 5.41) is 9.70. The van der Waals surface area contributed by atoms with E-state index in [9.17, 15) is 9.90 Å². The molecular formula is C11H16N2O2. The predicted molar refractivity (Wildman–Crippen MR) is 57.6 cm³/mol. The highest BCUT2D eigenvalue weighted by atomic mass is 16.3. The number of aromatic hydroxyl groups is 1. The highest BCUT2D eigenvalue weighted by molar-refractivity contribution is 5.93. The second kappa shape index (κ2) is 5.34. The molecule has 82 valence electrons. The third-order valence-corrected chi connectivity index (χ3v) is 2.29. The molecule has 1 aromatic heterocycles. The minimum Gasteiger partial charge on any atom is -0.505 e. The fraction of sp³-hybridized carbons (Fsp3) is 0.455. The van der Waals surface area contributed by atoms with Gasteiger partial charge in [0.05, 0.1) is 0 Å². The number of amides is 1. The van der Waals surface area contributed by atoms with E-state index in [-0.39, 0.29) is 11.4 Å². The smallest absolute Gasteiger partial charge is 0.271 e. The highest BCUT2D eigenvalue weighted by Crippen LogP contribution is 2.21. The van der Waals surface area contributed by atoms with Gasteiger partial charge in [0, 0.05) is 6.20 Å². The van der Waals surface area contributed by atoms with Crippen molar-refractivity contribution in [3.63, 3.8) is 0 Å². The average Bonchev–Trinajstić information content (AvgIpc) is 2.20. The molecule has 0 saturated heterocycles. The third-order valence-electron chi connectivity index (χ3n) is 2.29. The lowest BCUT2D eigenvalue weighted by Crippen LogP contribution is -2.13. The number of rotatable bonds is 5. The quantitative estimate of drug-likeness (QED) is 0.722. The molecule has 0 unspecified atom stereocenters. The first-order chi connectivity index (χ1) is 7.16. The number of hydrogen-bond acceptors (Lipinski definition) is 3. The lowest BCUT2D eigenvalue weighted by atomic mass is 10.1. The number of carbonyl (C=O) groups excluding carboxylic acids is 1. The summed E-state index contributed by atoms with van der Waals surface area (Å²) in [4.78, 5) is 14.6. The molecule has 0 radical (unpaired) electrons. The molecule has 3 N–H and O–H groups in total. The molecule has 0 bridgehead atoms. The minimum absolute atomic E-state index is 0.0380. The van der Waals surface area contributed by atoms with Crippen LogP contribution in [0.25, 0.3) is 0 Å². The van der Waals surface area contributed by atoms with Gasteiger partial charge in [-0.1, -0.05) is 19.8 Å². The van der Waals surface area contributed by atoms with Gasteiger partial charge >= 0.3 is 0 Å². The Labute approximate surface area is 89.1 Å². The van der Waals surface area contributed by atoms with Gasteiger partial charge in [0.1, 0.15) is 5.75 Å². The molecule has 0 fully saturated rings. The Morgan fingerprint density at radius 1 is 1.53 bits per heavy atom. The van der Waals surface area contributed by atoms with Crippen LogP contribution in [0.3, 0.4) is 0 Å². The van der Waals surface area contributed by atoms with Gasteiger partial charge in [-0.05, 0) is 24.5 Å². The average molecular weight is 208 g/mol. The van der Waals surface area contributed by atoms with E-state index in [1.165, 1.54) is 6.20 Å². The van der Waals surface area contributed by atoms with E-state index in [0.717, 1.165) is 31.2 Å². The van der Waals surface area contributed by atoms with Crippen LogP contribution in [0.2, 0.25) is 0 Å². The molecule has 0 aromatic carbocycles. The summed E-state index contributed by atoms with van der Waals surface area (Å²) in [5.74, 6) is -0.758. The molecule has 15 heavy (non-hydrogen) atoms. The van der Waals surface area contributed by atoms with Crippen LogP contribution in [0.4, 0.5) is 0 Å². The van der Waals surface area contributed by atoms with Crippen molar-refractivity contribution in [3.8, 4) is 5.75 Å². The van der Waals surface area contributed by atoms with Gasteiger partial charge in [-0.25, -0.2) is 4.98 Å². The molecule has 1 heterocycles. The summed E-state index contributed by atoms with van der Waals surface area (Å²) in [7, 11) is 0. The number of aromatic nitrogens is 1. The molecule has 1 aromatic rings. The van der Waals surface area contributed by atoms with Crippen LogP contribution in [0.15, 0.2) is 12.3 Å². The summed E-state index contributed by atoms with van der Waals surface area (Å²) < 4.78 is 0. The Morgan fingerprint density at radius 2 is 2.27 bits per heavy atom. The van der Waals surface area contributed by atoms with E-state index in [4.69, 9.17) is 5.73 Å². The second-order valence-electron chi connectivity index (χ2n) is 3.49. The lowest BCUT2D eigenvalue weighted by molar-refractivity contribution is 0.0992. The summed E-state index contributed by atoms with van der Waals surface area (Å²) >= 11 is 0. The van der Waals surface area contributed by atoms with Crippen LogP contribution in [0.5, 0.6) is 5.75 Å². The number of hydrogen-bond donors (Lipinski definition) is 2. The molecule has 0 saturated carbocycles. The third kappa shape index (κ3) is 2.94. The summed E-state index contributed by atoms with van der Waals surface area (Å²) in [6.45, 7) is 2.11. The zero-order valence-corrected chi connectivity index (χ0v) is 8.86. The van der Waals surface area contributed by atoms with Gasteiger partial charge in [0.2, 0.25) is 0 Å². The molecule has 4 nitrogen and oxygen atoms in total. The van der Waals surface area contributed by atoms with Crippen LogP contribution in [-0.4, -0.2) is 16.0 Å². The molecule has 0 spiro atoms. The topological polar surface area (TPSA) is 76.2 Å². The maximum atomic E-state index is 10.9. The Balaban J connectivity index is 2.80. The number of carbonyl (C=O) groups is 1. The molecule has 0 aliphatic rings. The fourth-order valence-electron chi connectivity index (χ4n) is 1.44. The van der Waals surface area contributed by atoms with Crippen molar-refractivity contribution in [1.29, 1.82) is 0 Å². The molecular weight excluding hydrogens is 192 g/mol. The Kier molecular flexibility index (Phi) is 4.09. The van der Waals surface area contributed by atoms with E-state index < -0.39 is 5.91 Å². The molecule has 0 atom stereocenters. The van der Waals surface area contributed by atoms with Crippen molar-refractivity contribution in [2.45, 2.75) is 32.6 Å². The maximum absolute atomic E-state index is 10.9. The van der Waals surface area contributed by atoms with E-state index in [1.54, 1.807) is 6.07 Å². The predicted octanol–water partition coefficient (Wildman–Crippen LogP) is 1.62. The standard InChI is InChI=1S/C11H16N2O2/c1-2-3-4-5-8-6-7-13-9(10(8)14)11(12)15/h6-7,14H,2-5H2,1H3,(H2,12,15). The summed E-state index contributed by atoms with van der Waals surface area (Å²) in [6.07, 6.45) is 5.47. The molecule has 1 rings (SSSR count). The Morgan fingerprint density at radius 3 is 2.87 bits per heavy atom. The van der Waals surface area contributed by atoms with Crippen molar-refractivity contribution < 1.29 is 9.90 Å². The van der Waals surface area contributed by atoms with Gasteiger partial charge in [-0.2, -0.15) is 0 Å². The van der Waals surface area contributed by atoms with Gasteiger partial charge in [-0.3, -0.25) is 4.79 Å². The molecule has 4 heteroatoms. The van der Waals surface area contributed by atoms with E-state index in [0.29, 0.717) is 0 Å². The lowest BCUT2D eigenvalue weighted by Gasteiger charge is -2.06. The van der Waals surface area contributed by atoms with Crippen molar-refractivity contribution >= 4 is 5.91 Å². The van der Waals surface area contributed by atoms with Crippen molar-refractivity contribution in [2.24, 2.45) is 5.73 Å². The first kappa shape index (κ1) is 11.5. The molecule has 0 aliphatic carbocycles. The Hall–Kier alpha value is -1.58. The number of pyridine rings is 1. The van der Waals surface area contributed by atoms with Gasteiger partial charge < -0.3 is 10.8 Å². The second-order valence-corrected chi connectivity index (χ2v) is 3.49. The monoisotopic (exact) mass is 208 g/mol. The van der Waals surface area contributed by atoms with Gasteiger partial charge in [0.15, 0.2) is 5.69 Å². The first-order valence-corrected chi connectivity index (χ1v) is 5.13. The van der Waals surface area contributed by atoms with Gasteiger partial charge in [-0.15, -0.1) is 0 Å². The van der Waals surface area contributed by atoms with Crippen LogP contribution in [0, 0.1) is 0 Å². The zero-order valence-electron chi connectivity index (χ0n) is 8.86. The van der Waals surface area contributed by atoms with Crippen LogP contribution < -0.4 is 5.73 Å². The summed E-state index contributed by atoms with van der Waals surface area (Å²) in [5.41, 5.74) is 5.78. The van der Waals surface area contributed by atoms with E-state index >= 15 is 0 Å². The minimum atomic E-state index is -0.690. The normalized spacial score (nSPS) is 10.2. The SMILES string of the molecule is CCCCCc1ccnc(C(N)=O)c1O. The van der Waals surface area contributed by atoms with E-state index in [1.807, 2.05) is 0 Å². The van der Waals surface area contributed by atoms with E-state index in [2.05, 4.69) is 11.9 Å². The van der Waals surface area contributed by atoms with Crippen molar-refractivity contribution in [3.05, 3.63) is 23.5 Å². The largest absolute Gasteiger partial charge is 0.505 e. The van der Waals surface area contributed by atoms with Crippen molar-refractivity contribution in [1.82, 2.24) is 4.98 Å². The molecule has 0 aliphatic heterocycles. The molecule has 1 amide bonds. The summed E-state index contributed by atoms with van der Waals surface area (Å²) in [6, 6.07) is 1.72. The van der Waals surface area contributed by atoms with Crippen LogP contribution in [-0.2, 0) is 6.42 Å². The number of nitrogens with zero attached hydrogens (tertiary/aromatic N) is 1. The zero-order chi connectivity index (χ0) is 11.3. The maximum Gasteiger partial charge on any atom is 0.271 e.